The maximum Gasteiger partial charge on any atom is 0.472 e. The van der Waals surface area contributed by atoms with Crippen molar-refractivity contribution in [2.75, 3.05) is 26.4 Å². The molecule has 3 N–H and O–H groups in total. The summed E-state index contributed by atoms with van der Waals surface area (Å²) >= 11 is 0. The summed E-state index contributed by atoms with van der Waals surface area (Å²) in [5.41, 5.74) is 0. The van der Waals surface area contributed by atoms with Crippen molar-refractivity contribution in [2.45, 2.75) is 290 Å². The summed E-state index contributed by atoms with van der Waals surface area (Å²) in [5, 5.41) is 12.8. The second-order valence-electron chi connectivity index (χ2n) is 18.2. The summed E-state index contributed by atoms with van der Waals surface area (Å²) in [6, 6.07) is 0. The molecule has 0 aromatic heterocycles. The van der Waals surface area contributed by atoms with Crippen molar-refractivity contribution in [3.05, 3.63) is 0 Å². The third-order valence-electron chi connectivity index (χ3n) is 12.0. The van der Waals surface area contributed by atoms with Crippen molar-refractivity contribution in [1.29, 1.82) is 0 Å². The molecule has 9 nitrogen and oxygen atoms in total. The number of phosphoric ester groups is 1. The van der Waals surface area contributed by atoms with E-state index in [-0.39, 0.29) is 25.7 Å². The highest BCUT2D eigenvalue weighted by atomic mass is 31.2. The van der Waals surface area contributed by atoms with Crippen molar-refractivity contribution < 1.29 is 37.9 Å². The van der Waals surface area contributed by atoms with Crippen LogP contribution < -0.4 is 5.32 Å². The number of hydrogen-bond donors (Lipinski definition) is 3. The molecule has 10 heteroatoms. The van der Waals surface area contributed by atoms with Crippen LogP contribution in [0.25, 0.3) is 0 Å². The molecular weight excluding hydrogens is 786 g/mol. The van der Waals surface area contributed by atoms with E-state index in [0.717, 1.165) is 38.5 Å². The fourth-order valence-electron chi connectivity index (χ4n) is 8.03. The van der Waals surface area contributed by atoms with E-state index in [1.165, 1.54) is 218 Å². The molecule has 0 spiro atoms. The normalized spacial score (nSPS) is 13.0. The molecule has 0 bridgehead atoms. The van der Waals surface area contributed by atoms with Crippen LogP contribution in [0.15, 0.2) is 0 Å². The van der Waals surface area contributed by atoms with Crippen molar-refractivity contribution >= 4 is 19.7 Å². The molecule has 0 saturated carbocycles. The highest BCUT2D eigenvalue weighted by Crippen LogP contribution is 2.42. The maximum atomic E-state index is 12.2. The highest BCUT2D eigenvalue weighted by molar-refractivity contribution is 7.47. The summed E-state index contributed by atoms with van der Waals surface area (Å²) in [5.74, 6) is -0.497. The van der Waals surface area contributed by atoms with Gasteiger partial charge in [0.05, 0.1) is 13.2 Å². The second kappa shape index (κ2) is 48.5. The number of hydrogen-bond acceptors (Lipinski definition) is 7. The molecule has 364 valence electrons. The van der Waals surface area contributed by atoms with Crippen LogP contribution in [0.5, 0.6) is 0 Å². The number of ether oxygens (including phenoxy) is 1. The van der Waals surface area contributed by atoms with Gasteiger partial charge >= 0.3 is 13.8 Å². The molecule has 0 aliphatic carbocycles. The number of aliphatic hydroxyl groups is 1. The fourth-order valence-corrected chi connectivity index (χ4v) is 8.79. The number of carbonyl (C=O) groups excluding carboxylic acids is 2. The summed E-state index contributed by atoms with van der Waals surface area (Å²) in [6.07, 6.45) is 51.9. The molecule has 1 amide bonds. The van der Waals surface area contributed by atoms with Crippen LogP contribution in [0.3, 0.4) is 0 Å². The molecule has 0 aliphatic rings. The number of unbranched alkanes of at least 4 members (excludes halogenated alkanes) is 38. The number of amides is 1. The average molecular weight is 888 g/mol. The van der Waals surface area contributed by atoms with Gasteiger partial charge in [0.2, 0.25) is 5.91 Å². The Balaban J connectivity index is 3.49. The predicted octanol–water partition coefficient (Wildman–Crippen LogP) is 15.6. The van der Waals surface area contributed by atoms with Crippen LogP contribution in [0.4, 0.5) is 0 Å². The molecular formula is C51H102NO8P. The van der Waals surface area contributed by atoms with Gasteiger partial charge in [-0.2, -0.15) is 0 Å². The Hall–Kier alpha value is -0.990. The lowest BCUT2D eigenvalue weighted by molar-refractivity contribution is -0.147. The fraction of sp³-hybridized carbons (Fsp3) is 0.961. The lowest BCUT2D eigenvalue weighted by atomic mass is 10.0. The van der Waals surface area contributed by atoms with Gasteiger partial charge in [-0.3, -0.25) is 18.6 Å². The lowest BCUT2D eigenvalue weighted by Crippen LogP contribution is -2.27. The molecule has 2 unspecified atom stereocenters. The summed E-state index contributed by atoms with van der Waals surface area (Å²) in [7, 11) is -4.41. The molecule has 0 fully saturated rings. The molecule has 61 heavy (non-hydrogen) atoms. The Labute approximate surface area is 377 Å². The Morgan fingerprint density at radius 2 is 0.738 bits per heavy atom. The lowest BCUT2D eigenvalue weighted by Gasteiger charge is -2.15. The zero-order valence-electron chi connectivity index (χ0n) is 40.4. The van der Waals surface area contributed by atoms with Crippen LogP contribution in [-0.2, 0) is 27.9 Å². The van der Waals surface area contributed by atoms with Gasteiger partial charge in [-0.05, 0) is 12.8 Å². The summed E-state index contributed by atoms with van der Waals surface area (Å²) in [6.45, 7) is 3.63. The van der Waals surface area contributed by atoms with Crippen LogP contribution in [0.1, 0.15) is 284 Å². The third-order valence-corrected chi connectivity index (χ3v) is 13.0. The minimum atomic E-state index is -4.41. The first-order valence-electron chi connectivity index (χ1n) is 26.5. The number of esters is 1. The third kappa shape index (κ3) is 49.9. The van der Waals surface area contributed by atoms with E-state index in [2.05, 4.69) is 19.2 Å². The van der Waals surface area contributed by atoms with Crippen molar-refractivity contribution in [3.8, 4) is 0 Å². The standard InChI is InChI=1S/C51H102NO8P/c1-3-5-7-9-11-13-15-17-19-21-23-24-26-27-29-31-33-35-37-39-41-43-50(54)52-45-46-59-61(56,57)60-48-49(53)47-58-51(55)44-42-40-38-36-34-32-30-28-25-22-20-18-16-14-12-10-8-6-4-2/h49,53H,3-48H2,1-2H3,(H,52,54)(H,56,57). The SMILES string of the molecule is CCCCCCCCCCCCCCCCCCCCCCCC(=O)NCCOP(=O)(O)OCC(O)COC(=O)CCCCCCCCCCCCCCCCCCCCC. The van der Waals surface area contributed by atoms with Crippen molar-refractivity contribution in [1.82, 2.24) is 5.32 Å². The number of nitrogens with one attached hydrogen (secondary N) is 1. The molecule has 0 aromatic rings. The van der Waals surface area contributed by atoms with E-state index < -0.39 is 26.5 Å². The van der Waals surface area contributed by atoms with Gasteiger partial charge in [-0.15, -0.1) is 0 Å². The Morgan fingerprint density at radius 3 is 1.07 bits per heavy atom. The topological polar surface area (TPSA) is 131 Å². The Kier molecular flexibility index (Phi) is 47.7. The van der Waals surface area contributed by atoms with Crippen LogP contribution in [0.2, 0.25) is 0 Å². The zero-order chi connectivity index (χ0) is 44.6. The Bertz CT molecular complexity index is 969. The van der Waals surface area contributed by atoms with Gasteiger partial charge in [-0.25, -0.2) is 4.57 Å². The molecule has 2 atom stereocenters. The average Bonchev–Trinajstić information content (AvgIpc) is 3.25. The van der Waals surface area contributed by atoms with Crippen molar-refractivity contribution in [3.63, 3.8) is 0 Å². The number of phosphoric acid groups is 1. The smallest absolute Gasteiger partial charge is 0.463 e. The van der Waals surface area contributed by atoms with Crippen LogP contribution >= 0.6 is 7.82 Å². The van der Waals surface area contributed by atoms with Gasteiger partial charge in [-0.1, -0.05) is 258 Å². The van der Waals surface area contributed by atoms with Gasteiger partial charge < -0.3 is 20.1 Å². The molecule has 0 saturated heterocycles. The number of rotatable bonds is 51. The van der Waals surface area contributed by atoms with E-state index in [4.69, 9.17) is 13.8 Å². The Morgan fingerprint density at radius 1 is 0.443 bits per heavy atom. The quantitative estimate of drug-likeness (QED) is 0.0313. The molecule has 0 aromatic carbocycles. The molecule has 0 aliphatic heterocycles. The first-order valence-corrected chi connectivity index (χ1v) is 28.0. The van der Waals surface area contributed by atoms with E-state index in [0.29, 0.717) is 12.8 Å². The first kappa shape index (κ1) is 60.0. The summed E-state index contributed by atoms with van der Waals surface area (Å²) < 4.78 is 27.0. The van der Waals surface area contributed by atoms with Gasteiger partial charge in [0.25, 0.3) is 0 Å². The van der Waals surface area contributed by atoms with E-state index in [1.54, 1.807) is 0 Å². The van der Waals surface area contributed by atoms with E-state index in [1.807, 2.05) is 0 Å². The number of carbonyl (C=O) groups is 2. The van der Waals surface area contributed by atoms with E-state index in [9.17, 15) is 24.2 Å². The van der Waals surface area contributed by atoms with Gasteiger partial charge in [0.1, 0.15) is 12.7 Å². The molecule has 0 heterocycles. The van der Waals surface area contributed by atoms with Gasteiger partial charge in [0, 0.05) is 19.4 Å². The largest absolute Gasteiger partial charge is 0.472 e. The first-order chi connectivity index (χ1) is 29.8. The predicted molar refractivity (Wildman–Crippen MR) is 257 cm³/mol. The van der Waals surface area contributed by atoms with Gasteiger partial charge in [0.15, 0.2) is 0 Å². The molecule has 0 radical (unpaired) electrons. The minimum absolute atomic E-state index is 0.0889. The second-order valence-corrected chi connectivity index (χ2v) is 19.7. The van der Waals surface area contributed by atoms with E-state index >= 15 is 0 Å². The number of aliphatic hydroxyl groups excluding tert-OH is 1. The van der Waals surface area contributed by atoms with Crippen LogP contribution in [0, 0.1) is 0 Å². The maximum absolute atomic E-state index is 12.2. The highest BCUT2D eigenvalue weighted by Gasteiger charge is 2.23. The minimum Gasteiger partial charge on any atom is -0.463 e. The van der Waals surface area contributed by atoms with Crippen molar-refractivity contribution in [2.24, 2.45) is 0 Å². The van der Waals surface area contributed by atoms with Crippen LogP contribution in [-0.4, -0.2) is 54.3 Å². The molecule has 0 rings (SSSR count). The monoisotopic (exact) mass is 888 g/mol. The zero-order valence-corrected chi connectivity index (χ0v) is 41.3. The summed E-state index contributed by atoms with van der Waals surface area (Å²) in [4.78, 5) is 34.1.